The summed E-state index contributed by atoms with van der Waals surface area (Å²) >= 11 is 0.877. The zero-order chi connectivity index (χ0) is 32.1. The molecule has 11 nitrogen and oxygen atoms in total. The van der Waals surface area contributed by atoms with Gasteiger partial charge in [0.15, 0.2) is 5.78 Å². The van der Waals surface area contributed by atoms with Crippen LogP contribution in [-0.4, -0.2) is 53.8 Å². The van der Waals surface area contributed by atoms with Crippen molar-refractivity contribution in [2.45, 2.75) is 72.6 Å². The molecule has 0 aliphatic rings. The number of thiophene rings is 1. The monoisotopic (exact) mass is 620 g/mol. The molecule has 43 heavy (non-hydrogen) atoms. The lowest BCUT2D eigenvalue weighted by molar-refractivity contribution is -0.153. The van der Waals surface area contributed by atoms with Gasteiger partial charge in [0.1, 0.15) is 39.5 Å². The second kappa shape index (κ2) is 14.1. The minimum absolute atomic E-state index is 0.0265. The van der Waals surface area contributed by atoms with Gasteiger partial charge in [-0.2, -0.15) is 0 Å². The first kappa shape index (κ1) is 33.7. The van der Waals surface area contributed by atoms with Crippen molar-refractivity contribution in [3.8, 4) is 5.75 Å². The number of carbonyl (C=O) groups is 3. The van der Waals surface area contributed by atoms with Crippen LogP contribution in [-0.2, 0) is 35.9 Å². The summed E-state index contributed by atoms with van der Waals surface area (Å²) in [5, 5.41) is 0.0265. The van der Waals surface area contributed by atoms with Crippen molar-refractivity contribution in [1.29, 1.82) is 0 Å². The maximum atomic E-state index is 14.4. The van der Waals surface area contributed by atoms with Gasteiger partial charge in [0.05, 0.1) is 32.3 Å². The number of ether oxygens (including phenoxy) is 4. The molecule has 1 aromatic carbocycles. The summed E-state index contributed by atoms with van der Waals surface area (Å²) in [6, 6.07) is 3.74. The van der Waals surface area contributed by atoms with Crippen LogP contribution >= 0.6 is 11.3 Å². The number of fused-ring (bicyclic) bond motifs is 1. The van der Waals surface area contributed by atoms with Crippen LogP contribution in [0.5, 0.6) is 5.75 Å². The van der Waals surface area contributed by atoms with Crippen LogP contribution in [0.25, 0.3) is 10.2 Å². The van der Waals surface area contributed by atoms with Gasteiger partial charge in [-0.25, -0.2) is 23.3 Å². The first-order valence-corrected chi connectivity index (χ1v) is 14.7. The van der Waals surface area contributed by atoms with Crippen LogP contribution < -0.4 is 16.0 Å². The predicted octanol–water partition coefficient (Wildman–Crippen LogP) is 4.28. The Morgan fingerprint density at radius 1 is 1.12 bits per heavy atom. The summed E-state index contributed by atoms with van der Waals surface area (Å²) in [5.74, 6) is -2.17. The minimum atomic E-state index is -1.75. The maximum Gasteiger partial charge on any atom is 0.348 e. The van der Waals surface area contributed by atoms with Gasteiger partial charge >= 0.3 is 17.6 Å². The van der Waals surface area contributed by atoms with E-state index in [-0.39, 0.29) is 64.1 Å². The van der Waals surface area contributed by atoms with Gasteiger partial charge in [0, 0.05) is 5.56 Å². The first-order valence-electron chi connectivity index (χ1n) is 13.9. The molecule has 0 unspecified atom stereocenters. The Bertz CT molecular complexity index is 1640. The highest BCUT2D eigenvalue weighted by Gasteiger charge is 2.37. The molecule has 234 valence electrons. The van der Waals surface area contributed by atoms with Crippen molar-refractivity contribution in [2.24, 2.45) is 0 Å². The van der Waals surface area contributed by atoms with E-state index in [2.05, 4.69) is 0 Å². The van der Waals surface area contributed by atoms with Crippen LogP contribution in [0, 0.1) is 12.7 Å². The number of Topliss-reactive ketones (excluding diaryl/α,β-unsaturated/α-hetero) is 1. The van der Waals surface area contributed by atoms with Crippen LogP contribution in [0.1, 0.15) is 74.4 Å². The third-order valence-electron chi connectivity index (χ3n) is 6.84. The second-order valence-electron chi connectivity index (χ2n) is 10.4. The average Bonchev–Trinajstić information content (AvgIpc) is 3.29. The standard InChI is InChI=1S/C30H37FN2O9S/c1-8-10-13-41-28(37)30(5,6)33-25(35)23-18(4)24(27(36)40-9-2)43-26(23)32(29(33)38)15-22(42-16-17(3)34)20-14-19(31)11-12-21(20)39-7/h11-12,14,22H,8-10,13,15-16H2,1-7H3/t22-/m0/s1. The number of unbranched alkanes of at least 4 members (excludes halogenated alkanes) is 1. The number of methoxy groups -OCH3 is 1. The number of benzene rings is 1. The zero-order valence-corrected chi connectivity index (χ0v) is 26.2. The number of aryl methyl sites for hydroxylation is 1. The number of nitrogens with zero attached hydrogens (tertiary/aromatic N) is 2. The van der Waals surface area contributed by atoms with E-state index in [9.17, 15) is 28.4 Å². The van der Waals surface area contributed by atoms with E-state index >= 15 is 0 Å². The highest BCUT2D eigenvalue weighted by atomic mass is 32.1. The Morgan fingerprint density at radius 3 is 2.42 bits per heavy atom. The summed E-state index contributed by atoms with van der Waals surface area (Å²) in [6.45, 7) is 8.72. The Kier molecular flexibility index (Phi) is 11.0. The Labute approximate surface area is 252 Å². The van der Waals surface area contributed by atoms with Gasteiger partial charge < -0.3 is 18.9 Å². The summed E-state index contributed by atoms with van der Waals surface area (Å²) < 4.78 is 38.2. The molecular formula is C30H37FN2O9S. The number of rotatable bonds is 14. The smallest absolute Gasteiger partial charge is 0.348 e. The number of esters is 2. The fourth-order valence-electron chi connectivity index (χ4n) is 4.55. The van der Waals surface area contributed by atoms with E-state index in [4.69, 9.17) is 18.9 Å². The van der Waals surface area contributed by atoms with E-state index < -0.39 is 40.6 Å². The lowest BCUT2D eigenvalue weighted by Gasteiger charge is -2.27. The lowest BCUT2D eigenvalue weighted by Crippen LogP contribution is -2.53. The molecule has 0 saturated carbocycles. The molecule has 3 rings (SSSR count). The predicted molar refractivity (Wildman–Crippen MR) is 159 cm³/mol. The fraction of sp³-hybridized carbons (Fsp3) is 0.500. The molecule has 0 N–H and O–H groups in total. The molecular weight excluding hydrogens is 583 g/mol. The number of hydrogen-bond acceptors (Lipinski definition) is 10. The molecule has 0 radical (unpaired) electrons. The normalized spacial score (nSPS) is 12.3. The van der Waals surface area contributed by atoms with Crippen LogP contribution in [0.3, 0.4) is 0 Å². The summed E-state index contributed by atoms with van der Waals surface area (Å²) in [7, 11) is 1.38. The van der Waals surface area contributed by atoms with Crippen molar-refractivity contribution in [1.82, 2.24) is 9.13 Å². The average molecular weight is 621 g/mol. The highest BCUT2D eigenvalue weighted by molar-refractivity contribution is 7.20. The van der Waals surface area contributed by atoms with Crippen molar-refractivity contribution >= 4 is 39.3 Å². The molecule has 13 heteroatoms. The largest absolute Gasteiger partial charge is 0.496 e. The van der Waals surface area contributed by atoms with E-state index in [1.165, 1.54) is 50.6 Å². The molecule has 0 bridgehead atoms. The first-order chi connectivity index (χ1) is 20.3. The van der Waals surface area contributed by atoms with E-state index in [1.807, 2.05) is 6.92 Å². The van der Waals surface area contributed by atoms with Crippen molar-refractivity contribution < 1.29 is 37.7 Å². The van der Waals surface area contributed by atoms with Crippen molar-refractivity contribution in [2.75, 3.05) is 26.9 Å². The molecule has 2 aromatic heterocycles. The van der Waals surface area contributed by atoms with Gasteiger partial charge in [-0.05, 0) is 64.8 Å². The molecule has 0 fully saturated rings. The summed E-state index contributed by atoms with van der Waals surface area (Å²) in [6.07, 6.45) is 0.244. The molecule has 2 heterocycles. The quantitative estimate of drug-likeness (QED) is 0.191. The van der Waals surface area contributed by atoms with Crippen molar-refractivity contribution in [3.05, 3.63) is 60.9 Å². The molecule has 1 atom stereocenters. The molecule has 0 saturated heterocycles. The number of aromatic nitrogens is 2. The molecule has 0 amide bonds. The molecule has 0 aliphatic carbocycles. The topological polar surface area (TPSA) is 132 Å². The second-order valence-corrected chi connectivity index (χ2v) is 11.4. The van der Waals surface area contributed by atoms with Gasteiger partial charge in [-0.15, -0.1) is 11.3 Å². The third-order valence-corrected chi connectivity index (χ3v) is 8.13. The van der Waals surface area contributed by atoms with Gasteiger partial charge in [0.25, 0.3) is 5.56 Å². The molecule has 3 aromatic rings. The van der Waals surface area contributed by atoms with Gasteiger partial charge in [0.2, 0.25) is 0 Å². The SMILES string of the molecule is CCCCOC(=O)C(C)(C)n1c(=O)c2c(C)c(C(=O)OCC)sc2n(C[C@H](OCC(C)=O)c2cc(F)ccc2OC)c1=O. The number of halogens is 1. The molecule has 0 spiro atoms. The Morgan fingerprint density at radius 2 is 1.81 bits per heavy atom. The Balaban J connectivity index is 2.37. The minimum Gasteiger partial charge on any atom is -0.496 e. The maximum absolute atomic E-state index is 14.4. The van der Waals surface area contributed by atoms with Gasteiger partial charge in [-0.3, -0.25) is 14.2 Å². The zero-order valence-electron chi connectivity index (χ0n) is 25.4. The summed E-state index contributed by atoms with van der Waals surface area (Å²) in [5.41, 5.74) is -2.95. The van der Waals surface area contributed by atoms with E-state index in [0.29, 0.717) is 6.42 Å². The van der Waals surface area contributed by atoms with E-state index in [0.717, 1.165) is 22.3 Å². The van der Waals surface area contributed by atoms with Crippen LogP contribution in [0.4, 0.5) is 4.39 Å². The summed E-state index contributed by atoms with van der Waals surface area (Å²) in [4.78, 5) is 66.3. The van der Waals surface area contributed by atoms with Crippen LogP contribution in [0.2, 0.25) is 0 Å². The number of carbonyl (C=O) groups excluding carboxylic acids is 3. The van der Waals surface area contributed by atoms with Gasteiger partial charge in [-0.1, -0.05) is 13.3 Å². The molecule has 0 aliphatic heterocycles. The highest BCUT2D eigenvalue weighted by Crippen LogP contribution is 2.33. The third kappa shape index (κ3) is 7.04. The van der Waals surface area contributed by atoms with Crippen LogP contribution in [0.15, 0.2) is 27.8 Å². The fourth-order valence-corrected chi connectivity index (χ4v) is 5.75. The number of ketones is 1. The number of hydrogen-bond donors (Lipinski definition) is 0. The van der Waals surface area contributed by atoms with Crippen molar-refractivity contribution in [3.63, 3.8) is 0 Å². The lowest BCUT2D eigenvalue weighted by atomic mass is 10.0. The van der Waals surface area contributed by atoms with E-state index in [1.54, 1.807) is 13.8 Å². The Hall–Kier alpha value is -3.84.